The second kappa shape index (κ2) is 5.10. The van der Waals surface area contributed by atoms with E-state index < -0.39 is 0 Å². The van der Waals surface area contributed by atoms with Crippen LogP contribution < -0.4 is 0 Å². The maximum atomic E-state index is 10.4. The Balaban J connectivity index is 3.49. The Morgan fingerprint density at radius 3 is 2.60 bits per heavy atom. The van der Waals surface area contributed by atoms with Gasteiger partial charge >= 0.3 is 0 Å². The van der Waals surface area contributed by atoms with Crippen molar-refractivity contribution in [2.24, 2.45) is 5.92 Å². The second-order valence-corrected chi connectivity index (χ2v) is 4.28. The van der Waals surface area contributed by atoms with Crippen LogP contribution in [0.15, 0.2) is 0 Å². The number of carbonyl (C=O) groups is 1. The molecule has 0 rings (SSSR count). The third kappa shape index (κ3) is 5.21. The summed E-state index contributed by atoms with van der Waals surface area (Å²) in [5, 5.41) is 0.111. The Bertz CT molecular complexity index is 147. The normalized spacial score (nSPS) is 12.7. The summed E-state index contributed by atoms with van der Waals surface area (Å²) in [6, 6.07) is 0. The van der Waals surface area contributed by atoms with E-state index in [0.29, 0.717) is 10.1 Å². The summed E-state index contributed by atoms with van der Waals surface area (Å²) >= 11 is 11.5. The summed E-state index contributed by atoms with van der Waals surface area (Å²) in [5.74, 6) is 0.836. The van der Waals surface area contributed by atoms with E-state index in [1.165, 1.54) is 18.7 Å². The first-order valence-corrected chi connectivity index (χ1v) is 4.64. The van der Waals surface area contributed by atoms with Crippen LogP contribution in [0.1, 0.15) is 13.8 Å². The van der Waals surface area contributed by atoms with Crippen molar-refractivity contribution in [2.45, 2.75) is 13.8 Å². The molecule has 1 atom stereocenters. The molecule has 1 unspecified atom stereocenters. The predicted molar refractivity (Wildman–Crippen MR) is 50.8 cm³/mol. The molecule has 0 radical (unpaired) electrons. The van der Waals surface area contributed by atoms with Gasteiger partial charge in [-0.2, -0.15) is 0 Å². The molecule has 0 heterocycles. The minimum absolute atomic E-state index is 0.111. The average Bonchev–Trinajstić information content (AvgIpc) is 1.82. The van der Waals surface area contributed by atoms with E-state index in [0.717, 1.165) is 0 Å². The van der Waals surface area contributed by atoms with Gasteiger partial charge in [-0.3, -0.25) is 4.79 Å². The fraction of sp³-hybridized carbons (Fsp3) is 0.667. The molecule has 0 aliphatic carbocycles. The Labute approximate surface area is 75.5 Å². The first-order chi connectivity index (χ1) is 4.54. The van der Waals surface area contributed by atoms with Crippen molar-refractivity contribution in [3.8, 4) is 0 Å². The van der Waals surface area contributed by atoms with Crippen molar-refractivity contribution >= 4 is 45.0 Å². The zero-order chi connectivity index (χ0) is 8.15. The van der Waals surface area contributed by atoms with Gasteiger partial charge in [0.25, 0.3) is 0 Å². The number of hydrogen-bond donors (Lipinski definition) is 0. The molecule has 0 aliphatic heterocycles. The molecule has 0 aliphatic rings. The van der Waals surface area contributed by atoms with Crippen molar-refractivity contribution in [3.05, 3.63) is 0 Å². The maximum Gasteiger partial charge on any atom is 0.185 e. The van der Waals surface area contributed by atoms with E-state index in [2.05, 4.69) is 0 Å². The van der Waals surface area contributed by atoms with E-state index in [4.69, 9.17) is 23.8 Å². The minimum atomic E-state index is 0.111. The van der Waals surface area contributed by atoms with Crippen LogP contribution >= 0.6 is 35.6 Å². The SMILES string of the molecule is CC(=O)SCC(C)C(=S)Cl. The predicted octanol–water partition coefficient (Wildman–Crippen LogP) is 2.47. The molecule has 10 heavy (non-hydrogen) atoms. The lowest BCUT2D eigenvalue weighted by Gasteiger charge is -2.03. The molecule has 4 heteroatoms. The highest BCUT2D eigenvalue weighted by molar-refractivity contribution is 8.13. The monoisotopic (exact) mass is 196 g/mol. The molecule has 0 amide bonds. The zero-order valence-corrected chi connectivity index (χ0v) is 8.28. The van der Waals surface area contributed by atoms with Crippen molar-refractivity contribution in [1.29, 1.82) is 0 Å². The first-order valence-electron chi connectivity index (χ1n) is 2.86. The lowest BCUT2D eigenvalue weighted by atomic mass is 10.3. The minimum Gasteiger partial charge on any atom is -0.288 e. The third-order valence-electron chi connectivity index (χ3n) is 0.924. The fourth-order valence-corrected chi connectivity index (χ4v) is 1.32. The van der Waals surface area contributed by atoms with Gasteiger partial charge in [-0.1, -0.05) is 42.5 Å². The highest BCUT2D eigenvalue weighted by atomic mass is 35.5. The molecule has 0 saturated heterocycles. The Morgan fingerprint density at radius 1 is 1.80 bits per heavy atom. The van der Waals surface area contributed by atoms with Crippen LogP contribution in [0.5, 0.6) is 0 Å². The topological polar surface area (TPSA) is 17.1 Å². The average molecular weight is 197 g/mol. The van der Waals surface area contributed by atoms with Crippen LogP contribution in [0.4, 0.5) is 0 Å². The zero-order valence-electron chi connectivity index (χ0n) is 5.89. The molecule has 0 aromatic carbocycles. The summed E-state index contributed by atoms with van der Waals surface area (Å²) < 4.78 is 0.453. The molecule has 0 aromatic rings. The summed E-state index contributed by atoms with van der Waals surface area (Å²) in [6.07, 6.45) is 0. The van der Waals surface area contributed by atoms with Crippen molar-refractivity contribution in [3.63, 3.8) is 0 Å². The van der Waals surface area contributed by atoms with Crippen LogP contribution in [0.25, 0.3) is 0 Å². The van der Waals surface area contributed by atoms with Gasteiger partial charge < -0.3 is 0 Å². The summed E-state index contributed by atoms with van der Waals surface area (Å²) in [5.41, 5.74) is 0. The standard InChI is InChI=1S/C6H9ClOS2/c1-4(6(7)9)3-10-5(2)8/h4H,3H2,1-2H3. The number of rotatable bonds is 3. The number of carbonyl (C=O) groups excluding carboxylic acids is 1. The van der Waals surface area contributed by atoms with Crippen LogP contribution in [0.2, 0.25) is 0 Å². The lowest BCUT2D eigenvalue weighted by Crippen LogP contribution is -2.05. The fourth-order valence-electron chi connectivity index (χ4n) is 0.308. The van der Waals surface area contributed by atoms with Gasteiger partial charge in [-0.25, -0.2) is 0 Å². The number of halogens is 1. The van der Waals surface area contributed by atoms with E-state index >= 15 is 0 Å². The van der Waals surface area contributed by atoms with E-state index in [-0.39, 0.29) is 11.0 Å². The van der Waals surface area contributed by atoms with Gasteiger partial charge in [-0.15, -0.1) is 0 Å². The van der Waals surface area contributed by atoms with E-state index in [9.17, 15) is 4.79 Å². The molecular weight excluding hydrogens is 188 g/mol. The number of thiocarbonyl (C=S) groups is 1. The first kappa shape index (κ1) is 10.4. The molecule has 0 saturated carbocycles. The maximum absolute atomic E-state index is 10.4. The van der Waals surface area contributed by atoms with Crippen molar-refractivity contribution < 1.29 is 4.79 Å². The third-order valence-corrected chi connectivity index (χ3v) is 2.77. The van der Waals surface area contributed by atoms with E-state index in [1.807, 2.05) is 6.92 Å². The molecule has 1 nitrogen and oxygen atoms in total. The quantitative estimate of drug-likeness (QED) is 0.510. The van der Waals surface area contributed by atoms with Gasteiger partial charge in [0.1, 0.15) is 0 Å². The Hall–Kier alpha value is 0.400. The Kier molecular flexibility index (Phi) is 5.31. The largest absolute Gasteiger partial charge is 0.288 e. The van der Waals surface area contributed by atoms with E-state index in [1.54, 1.807) is 0 Å². The number of hydrogen-bond acceptors (Lipinski definition) is 3. The Morgan fingerprint density at radius 2 is 2.30 bits per heavy atom. The summed E-state index contributed by atoms with van der Waals surface area (Å²) in [4.78, 5) is 10.4. The van der Waals surface area contributed by atoms with Crippen molar-refractivity contribution in [1.82, 2.24) is 0 Å². The van der Waals surface area contributed by atoms with Crippen LogP contribution in [0, 0.1) is 5.92 Å². The van der Waals surface area contributed by atoms with Gasteiger partial charge in [0.2, 0.25) is 0 Å². The van der Waals surface area contributed by atoms with Gasteiger partial charge in [0, 0.05) is 18.6 Å². The highest BCUT2D eigenvalue weighted by Gasteiger charge is 2.06. The molecule has 0 fully saturated rings. The summed E-state index contributed by atoms with van der Waals surface area (Å²) in [6.45, 7) is 3.44. The highest BCUT2D eigenvalue weighted by Crippen LogP contribution is 2.12. The second-order valence-electron chi connectivity index (χ2n) is 2.01. The van der Waals surface area contributed by atoms with Crippen molar-refractivity contribution in [2.75, 3.05) is 5.75 Å². The molecule has 0 aromatic heterocycles. The van der Waals surface area contributed by atoms with Crippen LogP contribution in [0.3, 0.4) is 0 Å². The molecule has 58 valence electrons. The van der Waals surface area contributed by atoms with Gasteiger partial charge in [0.05, 0.1) is 4.32 Å². The smallest absolute Gasteiger partial charge is 0.185 e. The van der Waals surface area contributed by atoms with Crippen LogP contribution in [-0.2, 0) is 4.79 Å². The molecule has 0 bridgehead atoms. The lowest BCUT2D eigenvalue weighted by molar-refractivity contribution is -0.109. The van der Waals surface area contributed by atoms with Gasteiger partial charge in [-0.05, 0) is 0 Å². The van der Waals surface area contributed by atoms with Crippen LogP contribution in [-0.4, -0.2) is 15.2 Å². The summed E-state index contributed by atoms with van der Waals surface area (Å²) in [7, 11) is 0. The van der Waals surface area contributed by atoms with Gasteiger partial charge in [0.15, 0.2) is 5.12 Å². The molecule has 0 N–H and O–H groups in total. The molecular formula is C6H9ClOS2. The molecule has 0 spiro atoms. The number of thioether (sulfide) groups is 1.